The fraction of sp³-hybridized carbons (Fsp3) is 0.455. The molecule has 5 nitrogen and oxygen atoms in total. The van der Waals surface area contributed by atoms with Gasteiger partial charge < -0.3 is 9.47 Å². The molecule has 1 amide bonds. The predicted molar refractivity (Wildman–Crippen MR) is 62.8 cm³/mol. The summed E-state index contributed by atoms with van der Waals surface area (Å²) in [6, 6.07) is 0. The van der Waals surface area contributed by atoms with Crippen molar-refractivity contribution in [2.24, 2.45) is 0 Å². The molecule has 1 aliphatic heterocycles. The standard InChI is InChI=1S/C11H12N2O3S/c14-10(8-6-15-4-5-16-8)13-11-12-7-2-1-3-9(7)17-11/h6H,1-5H2,(H,12,13,14). The van der Waals surface area contributed by atoms with E-state index in [1.54, 1.807) is 11.3 Å². The maximum absolute atomic E-state index is 11.8. The first-order valence-corrected chi connectivity index (χ1v) is 6.39. The molecule has 1 aliphatic carbocycles. The van der Waals surface area contributed by atoms with Gasteiger partial charge in [0, 0.05) is 4.88 Å². The summed E-state index contributed by atoms with van der Waals surface area (Å²) >= 11 is 1.55. The Morgan fingerprint density at radius 2 is 2.35 bits per heavy atom. The van der Waals surface area contributed by atoms with Gasteiger partial charge in [0.25, 0.3) is 5.91 Å². The Morgan fingerprint density at radius 3 is 3.12 bits per heavy atom. The monoisotopic (exact) mass is 252 g/mol. The van der Waals surface area contributed by atoms with E-state index in [1.165, 1.54) is 17.6 Å². The average Bonchev–Trinajstić information content (AvgIpc) is 2.90. The van der Waals surface area contributed by atoms with Gasteiger partial charge in [0.1, 0.15) is 19.5 Å². The summed E-state index contributed by atoms with van der Waals surface area (Å²) in [6.07, 6.45) is 4.61. The van der Waals surface area contributed by atoms with Crippen LogP contribution in [0.2, 0.25) is 0 Å². The lowest BCUT2D eigenvalue weighted by Crippen LogP contribution is -2.21. The van der Waals surface area contributed by atoms with Crippen molar-refractivity contribution in [3.63, 3.8) is 0 Å². The number of anilines is 1. The fourth-order valence-electron chi connectivity index (χ4n) is 1.89. The van der Waals surface area contributed by atoms with Gasteiger partial charge >= 0.3 is 0 Å². The van der Waals surface area contributed by atoms with E-state index in [9.17, 15) is 4.79 Å². The number of thiazole rings is 1. The van der Waals surface area contributed by atoms with Gasteiger partial charge in [-0.2, -0.15) is 0 Å². The molecule has 0 radical (unpaired) electrons. The number of aromatic nitrogens is 1. The molecule has 3 rings (SSSR count). The van der Waals surface area contributed by atoms with Crippen molar-refractivity contribution in [1.82, 2.24) is 4.98 Å². The summed E-state index contributed by atoms with van der Waals surface area (Å²) in [5, 5.41) is 3.38. The molecule has 2 aliphatic rings. The normalized spacial score (nSPS) is 17.8. The first-order valence-electron chi connectivity index (χ1n) is 5.57. The number of nitrogens with zero attached hydrogens (tertiary/aromatic N) is 1. The third kappa shape index (κ3) is 2.12. The van der Waals surface area contributed by atoms with E-state index in [0.717, 1.165) is 18.5 Å². The molecule has 90 valence electrons. The average molecular weight is 252 g/mol. The van der Waals surface area contributed by atoms with Gasteiger partial charge in [0.2, 0.25) is 5.76 Å². The second kappa shape index (κ2) is 4.37. The van der Waals surface area contributed by atoms with E-state index in [4.69, 9.17) is 9.47 Å². The summed E-state index contributed by atoms with van der Waals surface area (Å²) in [5.74, 6) is -0.0799. The van der Waals surface area contributed by atoms with Crippen LogP contribution < -0.4 is 5.32 Å². The zero-order chi connectivity index (χ0) is 11.7. The predicted octanol–water partition coefficient (Wildman–Crippen LogP) is 1.46. The number of nitrogens with one attached hydrogen (secondary N) is 1. The Balaban J connectivity index is 1.69. The van der Waals surface area contributed by atoms with E-state index < -0.39 is 0 Å². The first kappa shape index (κ1) is 10.6. The minimum absolute atomic E-state index is 0.214. The number of carbonyl (C=O) groups excluding carboxylic acids is 1. The van der Waals surface area contributed by atoms with E-state index in [0.29, 0.717) is 18.3 Å². The number of fused-ring (bicyclic) bond motifs is 1. The number of hydrogen-bond donors (Lipinski definition) is 1. The molecule has 0 saturated heterocycles. The molecule has 0 aromatic carbocycles. The highest BCUT2D eigenvalue weighted by atomic mass is 32.1. The van der Waals surface area contributed by atoms with Crippen LogP contribution in [-0.2, 0) is 27.1 Å². The number of carbonyl (C=O) groups is 1. The quantitative estimate of drug-likeness (QED) is 0.865. The van der Waals surface area contributed by atoms with Gasteiger partial charge in [-0.05, 0) is 19.3 Å². The van der Waals surface area contributed by atoms with Gasteiger partial charge in [-0.15, -0.1) is 11.3 Å². The van der Waals surface area contributed by atoms with Crippen molar-refractivity contribution in [1.29, 1.82) is 0 Å². The van der Waals surface area contributed by atoms with Gasteiger partial charge in [0.05, 0.1) is 5.69 Å². The molecule has 1 aromatic heterocycles. The second-order valence-electron chi connectivity index (χ2n) is 3.90. The van der Waals surface area contributed by atoms with E-state index in [1.807, 2.05) is 0 Å². The zero-order valence-corrected chi connectivity index (χ0v) is 10.0. The minimum Gasteiger partial charge on any atom is -0.494 e. The lowest BCUT2D eigenvalue weighted by Gasteiger charge is -2.14. The molecule has 0 bridgehead atoms. The third-order valence-electron chi connectivity index (χ3n) is 2.69. The van der Waals surface area contributed by atoms with Crippen molar-refractivity contribution < 1.29 is 14.3 Å². The summed E-state index contributed by atoms with van der Waals surface area (Å²) in [4.78, 5) is 17.5. The molecule has 0 spiro atoms. The Morgan fingerprint density at radius 1 is 1.41 bits per heavy atom. The highest BCUT2D eigenvalue weighted by Crippen LogP contribution is 2.30. The molecule has 0 saturated carbocycles. The lowest BCUT2D eigenvalue weighted by atomic mass is 10.4. The fourth-order valence-corrected chi connectivity index (χ4v) is 2.93. The van der Waals surface area contributed by atoms with Crippen LogP contribution in [0.3, 0.4) is 0 Å². The van der Waals surface area contributed by atoms with E-state index >= 15 is 0 Å². The van der Waals surface area contributed by atoms with Crippen molar-refractivity contribution in [2.45, 2.75) is 19.3 Å². The maximum Gasteiger partial charge on any atom is 0.295 e. The summed E-state index contributed by atoms with van der Waals surface area (Å²) in [5.41, 5.74) is 1.13. The molecule has 0 unspecified atom stereocenters. The molecular formula is C11H12N2O3S. The van der Waals surface area contributed by atoms with Crippen LogP contribution in [0.25, 0.3) is 0 Å². The second-order valence-corrected chi connectivity index (χ2v) is 4.98. The molecule has 17 heavy (non-hydrogen) atoms. The highest BCUT2D eigenvalue weighted by molar-refractivity contribution is 7.15. The van der Waals surface area contributed by atoms with Crippen molar-refractivity contribution in [2.75, 3.05) is 18.5 Å². The van der Waals surface area contributed by atoms with Crippen LogP contribution in [0.1, 0.15) is 17.0 Å². The Hall–Kier alpha value is -1.56. The van der Waals surface area contributed by atoms with Gasteiger partial charge in [-0.25, -0.2) is 4.98 Å². The Kier molecular flexibility index (Phi) is 2.72. The third-order valence-corrected chi connectivity index (χ3v) is 3.76. The number of aryl methyl sites for hydroxylation is 2. The zero-order valence-electron chi connectivity index (χ0n) is 9.19. The van der Waals surface area contributed by atoms with E-state index in [2.05, 4.69) is 10.3 Å². The number of rotatable bonds is 2. The number of ether oxygens (including phenoxy) is 2. The smallest absolute Gasteiger partial charge is 0.295 e. The molecule has 1 N–H and O–H groups in total. The molecule has 2 heterocycles. The Labute approximate surface area is 102 Å². The van der Waals surface area contributed by atoms with Crippen LogP contribution in [-0.4, -0.2) is 24.1 Å². The summed E-state index contributed by atoms with van der Waals surface area (Å²) in [7, 11) is 0. The van der Waals surface area contributed by atoms with Crippen molar-refractivity contribution in [3.05, 3.63) is 22.6 Å². The summed E-state index contributed by atoms with van der Waals surface area (Å²) in [6.45, 7) is 0.899. The van der Waals surface area contributed by atoms with Crippen LogP contribution in [0.4, 0.5) is 5.13 Å². The van der Waals surface area contributed by atoms with Crippen LogP contribution in [0, 0.1) is 0 Å². The molecule has 0 atom stereocenters. The molecular weight excluding hydrogens is 240 g/mol. The number of hydrogen-bond acceptors (Lipinski definition) is 5. The topological polar surface area (TPSA) is 60.5 Å². The molecule has 0 fully saturated rings. The largest absolute Gasteiger partial charge is 0.494 e. The van der Waals surface area contributed by atoms with Crippen LogP contribution in [0.15, 0.2) is 12.0 Å². The van der Waals surface area contributed by atoms with Gasteiger partial charge in [0.15, 0.2) is 5.13 Å². The van der Waals surface area contributed by atoms with Crippen molar-refractivity contribution >= 4 is 22.4 Å². The summed E-state index contributed by atoms with van der Waals surface area (Å²) < 4.78 is 10.2. The lowest BCUT2D eigenvalue weighted by molar-refractivity contribution is -0.117. The van der Waals surface area contributed by atoms with Gasteiger partial charge in [-0.1, -0.05) is 0 Å². The first-order chi connectivity index (χ1) is 8.33. The minimum atomic E-state index is -0.294. The van der Waals surface area contributed by atoms with Crippen LogP contribution >= 0.6 is 11.3 Å². The maximum atomic E-state index is 11.8. The van der Waals surface area contributed by atoms with Crippen molar-refractivity contribution in [3.8, 4) is 0 Å². The van der Waals surface area contributed by atoms with Gasteiger partial charge in [-0.3, -0.25) is 10.1 Å². The number of amides is 1. The van der Waals surface area contributed by atoms with Crippen LogP contribution in [0.5, 0.6) is 0 Å². The van der Waals surface area contributed by atoms with E-state index in [-0.39, 0.29) is 11.7 Å². The Bertz CT molecular complexity index is 460. The SMILES string of the molecule is O=C(Nc1nc2c(s1)CCC2)C1=COCCO1. The molecule has 6 heteroatoms. The highest BCUT2D eigenvalue weighted by Gasteiger charge is 2.20. The molecule has 1 aromatic rings.